The second-order valence-electron chi connectivity index (χ2n) is 3.41. The quantitative estimate of drug-likeness (QED) is 0.644. The molecule has 3 nitrogen and oxygen atoms in total. The van der Waals surface area contributed by atoms with Crippen LogP contribution in [0.1, 0.15) is 20.3 Å². The fourth-order valence-electron chi connectivity index (χ4n) is 0.744. The normalized spacial score (nSPS) is 11.0. The molecule has 0 spiro atoms. The molecular weight excluding hydrogens is 192 g/mol. The van der Waals surface area contributed by atoms with E-state index in [-0.39, 0.29) is 18.9 Å². The lowest BCUT2D eigenvalue weighted by molar-refractivity contribution is -0.122. The van der Waals surface area contributed by atoms with Gasteiger partial charge in [-0.05, 0) is 5.92 Å². The molecule has 0 aliphatic heterocycles. The molecule has 0 fully saturated rings. The first kappa shape index (κ1) is 13.3. The van der Waals surface area contributed by atoms with Crippen LogP contribution in [0.2, 0.25) is 0 Å². The average molecular weight is 209 g/mol. The monoisotopic (exact) mass is 209 g/mol. The molecular formula is C9H17F2NO2. The summed E-state index contributed by atoms with van der Waals surface area (Å²) in [5.74, 6) is 0.230. The summed E-state index contributed by atoms with van der Waals surface area (Å²) in [6.07, 6.45) is -2.33. The number of ether oxygens (including phenoxy) is 1. The van der Waals surface area contributed by atoms with E-state index in [0.29, 0.717) is 12.5 Å². The minimum Gasteiger partial charge on any atom is -0.375 e. The number of carbonyl (C=O) groups excluding carboxylic acids is 1. The highest BCUT2D eigenvalue weighted by Crippen LogP contribution is 1.94. The third kappa shape index (κ3) is 9.38. The molecule has 84 valence electrons. The maximum absolute atomic E-state index is 11.6. The van der Waals surface area contributed by atoms with Crippen LogP contribution < -0.4 is 5.32 Å². The van der Waals surface area contributed by atoms with Crippen molar-refractivity contribution in [3.63, 3.8) is 0 Å². The Morgan fingerprint density at radius 2 is 2.07 bits per heavy atom. The lowest BCUT2D eigenvalue weighted by Gasteiger charge is -2.07. The van der Waals surface area contributed by atoms with Gasteiger partial charge < -0.3 is 10.1 Å². The Balaban J connectivity index is 3.27. The van der Waals surface area contributed by atoms with Gasteiger partial charge in [0.2, 0.25) is 5.91 Å². The molecule has 0 saturated heterocycles. The molecule has 0 radical (unpaired) electrons. The predicted molar refractivity (Wildman–Crippen MR) is 49.3 cm³/mol. The van der Waals surface area contributed by atoms with Gasteiger partial charge in [0, 0.05) is 13.0 Å². The number of nitrogens with one attached hydrogen (secondary N) is 1. The van der Waals surface area contributed by atoms with Gasteiger partial charge in [-0.1, -0.05) is 13.8 Å². The SMILES string of the molecule is CC(C)CNC(=O)CCOCC(F)F. The molecule has 0 saturated carbocycles. The lowest BCUT2D eigenvalue weighted by atomic mass is 10.2. The van der Waals surface area contributed by atoms with Gasteiger partial charge in [-0.25, -0.2) is 8.78 Å². The molecule has 0 aromatic rings. The van der Waals surface area contributed by atoms with Gasteiger partial charge in [0.15, 0.2) is 0 Å². The first-order chi connectivity index (χ1) is 6.52. The molecule has 14 heavy (non-hydrogen) atoms. The Labute approximate surface area is 82.8 Å². The van der Waals surface area contributed by atoms with Crippen LogP contribution in [0.15, 0.2) is 0 Å². The highest BCUT2D eigenvalue weighted by Gasteiger charge is 2.04. The summed E-state index contributed by atoms with van der Waals surface area (Å²) in [4.78, 5) is 11.0. The van der Waals surface area contributed by atoms with Crippen molar-refractivity contribution in [3.8, 4) is 0 Å². The first-order valence-electron chi connectivity index (χ1n) is 4.65. The van der Waals surface area contributed by atoms with Crippen LogP contribution in [0.3, 0.4) is 0 Å². The van der Waals surface area contributed by atoms with E-state index in [0.717, 1.165) is 0 Å². The Morgan fingerprint density at radius 1 is 1.43 bits per heavy atom. The molecule has 0 aliphatic rings. The van der Waals surface area contributed by atoms with Crippen molar-refractivity contribution in [1.29, 1.82) is 0 Å². The molecule has 0 heterocycles. The predicted octanol–water partition coefficient (Wildman–Crippen LogP) is 1.43. The smallest absolute Gasteiger partial charge is 0.261 e. The summed E-state index contributed by atoms with van der Waals surface area (Å²) < 4.78 is 27.7. The average Bonchev–Trinajstić information content (AvgIpc) is 2.08. The van der Waals surface area contributed by atoms with Crippen molar-refractivity contribution < 1.29 is 18.3 Å². The first-order valence-corrected chi connectivity index (χ1v) is 4.65. The van der Waals surface area contributed by atoms with Crippen molar-refractivity contribution in [3.05, 3.63) is 0 Å². The number of carbonyl (C=O) groups is 1. The molecule has 0 rings (SSSR count). The summed E-state index contributed by atoms with van der Waals surface area (Å²) in [6.45, 7) is 4.01. The maximum atomic E-state index is 11.6. The maximum Gasteiger partial charge on any atom is 0.261 e. The van der Waals surface area contributed by atoms with Crippen LogP contribution in [-0.2, 0) is 9.53 Å². The molecule has 1 N–H and O–H groups in total. The van der Waals surface area contributed by atoms with Crippen LogP contribution in [0.4, 0.5) is 8.78 Å². The zero-order valence-electron chi connectivity index (χ0n) is 8.56. The fraction of sp³-hybridized carbons (Fsp3) is 0.889. The van der Waals surface area contributed by atoms with E-state index < -0.39 is 13.0 Å². The van der Waals surface area contributed by atoms with Gasteiger partial charge in [-0.15, -0.1) is 0 Å². The number of halogens is 2. The van der Waals surface area contributed by atoms with E-state index in [2.05, 4.69) is 10.1 Å². The van der Waals surface area contributed by atoms with Gasteiger partial charge in [-0.2, -0.15) is 0 Å². The van der Waals surface area contributed by atoms with Gasteiger partial charge in [-0.3, -0.25) is 4.79 Å². The summed E-state index contributed by atoms with van der Waals surface area (Å²) in [5, 5.41) is 2.66. The largest absolute Gasteiger partial charge is 0.375 e. The van der Waals surface area contributed by atoms with Gasteiger partial charge in [0.05, 0.1) is 6.61 Å². The molecule has 0 aromatic carbocycles. The van der Waals surface area contributed by atoms with Crippen molar-refractivity contribution in [1.82, 2.24) is 5.32 Å². The molecule has 5 heteroatoms. The third-order valence-corrected chi connectivity index (χ3v) is 1.42. The van der Waals surface area contributed by atoms with E-state index in [1.807, 2.05) is 13.8 Å². The van der Waals surface area contributed by atoms with E-state index in [9.17, 15) is 13.6 Å². The fourth-order valence-corrected chi connectivity index (χ4v) is 0.744. The van der Waals surface area contributed by atoms with Crippen LogP contribution in [0.5, 0.6) is 0 Å². The van der Waals surface area contributed by atoms with Crippen LogP contribution >= 0.6 is 0 Å². The zero-order valence-corrected chi connectivity index (χ0v) is 8.56. The highest BCUT2D eigenvalue weighted by atomic mass is 19.3. The van der Waals surface area contributed by atoms with Crippen LogP contribution in [0, 0.1) is 5.92 Å². The Morgan fingerprint density at radius 3 is 2.57 bits per heavy atom. The topological polar surface area (TPSA) is 38.3 Å². The second kappa shape index (κ2) is 7.67. The Bertz CT molecular complexity index is 163. The van der Waals surface area contributed by atoms with Crippen molar-refractivity contribution >= 4 is 5.91 Å². The number of rotatable bonds is 7. The summed E-state index contributed by atoms with van der Waals surface area (Å²) >= 11 is 0. The van der Waals surface area contributed by atoms with Gasteiger partial charge in [0.1, 0.15) is 6.61 Å². The van der Waals surface area contributed by atoms with Crippen LogP contribution in [0.25, 0.3) is 0 Å². The van der Waals surface area contributed by atoms with E-state index >= 15 is 0 Å². The van der Waals surface area contributed by atoms with Crippen LogP contribution in [-0.4, -0.2) is 32.1 Å². The summed E-state index contributed by atoms with van der Waals surface area (Å²) in [6, 6.07) is 0. The number of hydrogen-bond donors (Lipinski definition) is 1. The van der Waals surface area contributed by atoms with Crippen molar-refractivity contribution in [2.24, 2.45) is 5.92 Å². The lowest BCUT2D eigenvalue weighted by Crippen LogP contribution is -2.28. The molecule has 0 atom stereocenters. The van der Waals surface area contributed by atoms with Gasteiger partial charge >= 0.3 is 0 Å². The zero-order chi connectivity index (χ0) is 11.0. The third-order valence-electron chi connectivity index (χ3n) is 1.42. The Hall–Kier alpha value is -0.710. The minimum atomic E-state index is -2.46. The number of amides is 1. The summed E-state index contributed by atoms with van der Waals surface area (Å²) in [7, 11) is 0. The second-order valence-corrected chi connectivity index (χ2v) is 3.41. The van der Waals surface area contributed by atoms with E-state index in [4.69, 9.17) is 0 Å². The molecule has 0 unspecified atom stereocenters. The molecule has 0 aliphatic carbocycles. The molecule has 0 bridgehead atoms. The number of hydrogen-bond acceptors (Lipinski definition) is 2. The van der Waals surface area contributed by atoms with E-state index in [1.54, 1.807) is 0 Å². The summed E-state index contributed by atoms with van der Waals surface area (Å²) in [5.41, 5.74) is 0. The van der Waals surface area contributed by atoms with Gasteiger partial charge in [0.25, 0.3) is 6.43 Å². The Kier molecular flexibility index (Phi) is 7.28. The van der Waals surface area contributed by atoms with E-state index in [1.165, 1.54) is 0 Å². The molecule has 0 aromatic heterocycles. The van der Waals surface area contributed by atoms with Crippen molar-refractivity contribution in [2.75, 3.05) is 19.8 Å². The number of alkyl halides is 2. The van der Waals surface area contributed by atoms with Crippen molar-refractivity contribution in [2.45, 2.75) is 26.7 Å². The minimum absolute atomic E-state index is 0.0499. The highest BCUT2D eigenvalue weighted by molar-refractivity contribution is 5.75. The molecule has 1 amide bonds. The standard InChI is InChI=1S/C9H17F2NO2/c1-7(2)5-12-9(13)3-4-14-6-8(10)11/h7-8H,3-6H2,1-2H3,(H,12,13).